The Balaban J connectivity index is 1.31. The topological polar surface area (TPSA) is 82.5 Å². The maximum absolute atomic E-state index is 12.5. The number of hydrogen-bond donors (Lipinski definition) is 1. The molecule has 3 aromatic carbocycles. The van der Waals surface area contributed by atoms with Crippen LogP contribution in [0.1, 0.15) is 17.5 Å². The quantitative estimate of drug-likeness (QED) is 0.427. The van der Waals surface area contributed by atoms with E-state index >= 15 is 0 Å². The Bertz CT molecular complexity index is 1300. The molecule has 33 heavy (non-hydrogen) atoms. The Hall–Kier alpha value is -4.13. The van der Waals surface area contributed by atoms with Gasteiger partial charge in [-0.05, 0) is 35.4 Å². The maximum atomic E-state index is 12.5. The number of carbonyl (C=O) groups excluding carboxylic acids is 1. The van der Waals surface area contributed by atoms with Gasteiger partial charge in [0.25, 0.3) is 5.56 Å². The standard InChI is InChI=1S/C26H25N3O4/c1-32-24-15-20(11-12-23(24)33-17-19-7-3-2-4-8-19)16-27-25(30)13-14-29-18-28-22-10-6-5-9-21(22)26(29)31/h2-12,15,18H,13-14,16-17H2,1H3,(H,27,30). The predicted molar refractivity (Wildman–Crippen MR) is 126 cm³/mol. The third-order valence-corrected chi connectivity index (χ3v) is 5.27. The van der Waals surface area contributed by atoms with Crippen LogP contribution in [0.5, 0.6) is 11.5 Å². The third-order valence-electron chi connectivity index (χ3n) is 5.27. The summed E-state index contributed by atoms with van der Waals surface area (Å²) in [5, 5.41) is 3.43. The monoisotopic (exact) mass is 443 g/mol. The van der Waals surface area contributed by atoms with Gasteiger partial charge in [-0.2, -0.15) is 0 Å². The highest BCUT2D eigenvalue weighted by atomic mass is 16.5. The molecular weight excluding hydrogens is 418 g/mol. The fourth-order valence-electron chi connectivity index (χ4n) is 3.45. The van der Waals surface area contributed by atoms with Gasteiger partial charge in [0.15, 0.2) is 11.5 Å². The first-order valence-corrected chi connectivity index (χ1v) is 10.7. The van der Waals surface area contributed by atoms with Gasteiger partial charge in [-0.25, -0.2) is 4.98 Å². The fraction of sp³-hybridized carbons (Fsp3) is 0.192. The molecule has 0 aliphatic carbocycles. The van der Waals surface area contributed by atoms with Crippen LogP contribution in [0, 0.1) is 0 Å². The number of benzene rings is 3. The summed E-state index contributed by atoms with van der Waals surface area (Å²) in [5.74, 6) is 1.09. The van der Waals surface area contributed by atoms with Crippen molar-refractivity contribution in [3.8, 4) is 11.5 Å². The van der Waals surface area contributed by atoms with Gasteiger partial charge in [0.05, 0.1) is 24.3 Å². The van der Waals surface area contributed by atoms with Crippen molar-refractivity contribution in [3.63, 3.8) is 0 Å². The minimum Gasteiger partial charge on any atom is -0.493 e. The molecule has 7 heteroatoms. The van der Waals surface area contributed by atoms with Crippen LogP contribution >= 0.6 is 0 Å². The number of para-hydroxylation sites is 1. The third kappa shape index (κ3) is 5.57. The molecule has 1 N–H and O–H groups in total. The number of aryl methyl sites for hydroxylation is 1. The summed E-state index contributed by atoms with van der Waals surface area (Å²) in [6, 6.07) is 22.6. The van der Waals surface area contributed by atoms with Gasteiger partial charge < -0.3 is 14.8 Å². The molecule has 1 amide bonds. The van der Waals surface area contributed by atoms with Crippen LogP contribution in [-0.2, 0) is 24.5 Å². The molecule has 168 valence electrons. The Labute approximate surface area is 191 Å². The Morgan fingerprint density at radius 3 is 2.58 bits per heavy atom. The molecule has 1 aromatic heterocycles. The molecule has 0 atom stereocenters. The van der Waals surface area contributed by atoms with E-state index in [2.05, 4.69) is 10.3 Å². The molecule has 0 unspecified atom stereocenters. The normalized spacial score (nSPS) is 10.7. The summed E-state index contributed by atoms with van der Waals surface area (Å²) in [4.78, 5) is 29.2. The second-order valence-corrected chi connectivity index (χ2v) is 7.55. The molecule has 0 aliphatic rings. The highest BCUT2D eigenvalue weighted by Gasteiger charge is 2.09. The van der Waals surface area contributed by atoms with Gasteiger partial charge in [-0.3, -0.25) is 14.2 Å². The lowest BCUT2D eigenvalue weighted by Crippen LogP contribution is -2.27. The van der Waals surface area contributed by atoms with Crippen molar-refractivity contribution in [1.29, 1.82) is 0 Å². The molecule has 0 radical (unpaired) electrons. The zero-order valence-electron chi connectivity index (χ0n) is 18.4. The molecule has 4 aromatic rings. The van der Waals surface area contributed by atoms with E-state index in [4.69, 9.17) is 9.47 Å². The lowest BCUT2D eigenvalue weighted by molar-refractivity contribution is -0.121. The van der Waals surface area contributed by atoms with Crippen molar-refractivity contribution in [2.24, 2.45) is 0 Å². The highest BCUT2D eigenvalue weighted by molar-refractivity contribution is 5.77. The smallest absolute Gasteiger partial charge is 0.261 e. The van der Waals surface area contributed by atoms with Crippen molar-refractivity contribution < 1.29 is 14.3 Å². The van der Waals surface area contributed by atoms with E-state index in [0.29, 0.717) is 35.6 Å². The summed E-state index contributed by atoms with van der Waals surface area (Å²) >= 11 is 0. The Morgan fingerprint density at radius 1 is 0.970 bits per heavy atom. The second-order valence-electron chi connectivity index (χ2n) is 7.55. The largest absolute Gasteiger partial charge is 0.493 e. The van der Waals surface area contributed by atoms with Crippen LogP contribution in [-0.4, -0.2) is 22.6 Å². The fourth-order valence-corrected chi connectivity index (χ4v) is 3.45. The molecule has 0 spiro atoms. The molecule has 4 rings (SSSR count). The predicted octanol–water partition coefficient (Wildman–Crippen LogP) is 3.69. The number of rotatable bonds is 9. The van der Waals surface area contributed by atoms with E-state index in [9.17, 15) is 9.59 Å². The number of fused-ring (bicyclic) bond motifs is 1. The van der Waals surface area contributed by atoms with E-state index in [1.807, 2.05) is 54.6 Å². The molecule has 7 nitrogen and oxygen atoms in total. The minimum atomic E-state index is -0.154. The van der Waals surface area contributed by atoms with Crippen LogP contribution in [0.4, 0.5) is 0 Å². The SMILES string of the molecule is COc1cc(CNC(=O)CCn2cnc3ccccc3c2=O)ccc1OCc1ccccc1. The van der Waals surface area contributed by atoms with E-state index in [1.54, 1.807) is 25.3 Å². The second kappa shape index (κ2) is 10.5. The Kier molecular flexibility index (Phi) is 6.99. The zero-order valence-corrected chi connectivity index (χ0v) is 18.4. The molecule has 1 heterocycles. The molecule has 0 aliphatic heterocycles. The van der Waals surface area contributed by atoms with Gasteiger partial charge in [0.1, 0.15) is 6.61 Å². The van der Waals surface area contributed by atoms with Crippen molar-refractivity contribution in [1.82, 2.24) is 14.9 Å². The number of carbonyl (C=O) groups is 1. The van der Waals surface area contributed by atoms with Gasteiger partial charge >= 0.3 is 0 Å². The van der Waals surface area contributed by atoms with Gasteiger partial charge in [0, 0.05) is 19.5 Å². The number of methoxy groups -OCH3 is 1. The van der Waals surface area contributed by atoms with Crippen LogP contribution in [0.3, 0.4) is 0 Å². The number of nitrogens with one attached hydrogen (secondary N) is 1. The molecule has 0 saturated carbocycles. The summed E-state index contributed by atoms with van der Waals surface area (Å²) < 4.78 is 12.8. The van der Waals surface area contributed by atoms with Gasteiger partial charge in [-0.15, -0.1) is 0 Å². The Morgan fingerprint density at radius 2 is 1.76 bits per heavy atom. The van der Waals surface area contributed by atoms with Crippen molar-refractivity contribution >= 4 is 16.8 Å². The van der Waals surface area contributed by atoms with Crippen LogP contribution in [0.25, 0.3) is 10.9 Å². The van der Waals surface area contributed by atoms with Gasteiger partial charge in [0.2, 0.25) is 5.91 Å². The number of hydrogen-bond acceptors (Lipinski definition) is 5. The highest BCUT2D eigenvalue weighted by Crippen LogP contribution is 2.28. The van der Waals surface area contributed by atoms with Crippen molar-refractivity contribution in [2.75, 3.05) is 7.11 Å². The maximum Gasteiger partial charge on any atom is 0.261 e. The molecular formula is C26H25N3O4. The first-order valence-electron chi connectivity index (χ1n) is 10.7. The first-order chi connectivity index (χ1) is 16.1. The first kappa shape index (κ1) is 22.1. The average Bonchev–Trinajstić information content (AvgIpc) is 2.86. The summed E-state index contributed by atoms with van der Waals surface area (Å²) in [6.07, 6.45) is 1.66. The molecule has 0 saturated heterocycles. The summed E-state index contributed by atoms with van der Waals surface area (Å²) in [7, 11) is 1.59. The number of nitrogens with zero attached hydrogens (tertiary/aromatic N) is 2. The van der Waals surface area contributed by atoms with Crippen LogP contribution in [0.2, 0.25) is 0 Å². The van der Waals surface area contributed by atoms with E-state index < -0.39 is 0 Å². The van der Waals surface area contributed by atoms with Crippen molar-refractivity contribution in [3.05, 3.63) is 101 Å². The lowest BCUT2D eigenvalue weighted by Gasteiger charge is -2.13. The zero-order chi connectivity index (χ0) is 23.0. The number of ether oxygens (including phenoxy) is 2. The lowest BCUT2D eigenvalue weighted by atomic mass is 10.2. The minimum absolute atomic E-state index is 0.149. The number of aromatic nitrogens is 2. The van der Waals surface area contributed by atoms with E-state index in [1.165, 1.54) is 10.9 Å². The molecule has 0 fully saturated rings. The average molecular weight is 444 g/mol. The van der Waals surface area contributed by atoms with Crippen molar-refractivity contribution in [2.45, 2.75) is 26.1 Å². The summed E-state index contributed by atoms with van der Waals surface area (Å²) in [5.41, 5.74) is 2.45. The van der Waals surface area contributed by atoms with Gasteiger partial charge in [-0.1, -0.05) is 48.5 Å². The van der Waals surface area contributed by atoms with E-state index in [-0.39, 0.29) is 24.4 Å². The van der Waals surface area contributed by atoms with Crippen LogP contribution in [0.15, 0.2) is 83.9 Å². The molecule has 0 bridgehead atoms. The number of amides is 1. The van der Waals surface area contributed by atoms with Crippen LogP contribution < -0.4 is 20.3 Å². The van der Waals surface area contributed by atoms with E-state index in [0.717, 1.165) is 11.1 Å². The summed E-state index contributed by atoms with van der Waals surface area (Å²) in [6.45, 7) is 1.05.